The topological polar surface area (TPSA) is 29.1 Å². The first-order valence-electron chi connectivity index (χ1n) is 4.88. The lowest BCUT2D eigenvalue weighted by Crippen LogP contribution is -2.31. The Bertz CT molecular complexity index is 165. The second kappa shape index (κ2) is 3.92. The highest BCUT2D eigenvalue weighted by atomic mass is 16.1. The Balaban J connectivity index is 2.57. The van der Waals surface area contributed by atoms with Crippen molar-refractivity contribution in [3.05, 3.63) is 0 Å². The fraction of sp³-hybridized carbons (Fsp3) is 0.900. The molecule has 70 valence electrons. The SMILES string of the molecule is CNC(=O)[C@H]1CCC[C@H]1C(C)C. The summed E-state index contributed by atoms with van der Waals surface area (Å²) in [7, 11) is 1.73. The van der Waals surface area contributed by atoms with Crippen molar-refractivity contribution < 1.29 is 4.79 Å². The predicted molar refractivity (Wildman–Crippen MR) is 49.7 cm³/mol. The van der Waals surface area contributed by atoms with Crippen molar-refractivity contribution in [2.75, 3.05) is 7.05 Å². The molecule has 0 spiro atoms. The van der Waals surface area contributed by atoms with Gasteiger partial charge in [-0.2, -0.15) is 0 Å². The maximum Gasteiger partial charge on any atom is 0.223 e. The summed E-state index contributed by atoms with van der Waals surface area (Å²) in [5.74, 6) is 1.79. The quantitative estimate of drug-likeness (QED) is 0.671. The molecule has 2 heteroatoms. The zero-order chi connectivity index (χ0) is 9.14. The number of carbonyl (C=O) groups excluding carboxylic acids is 1. The van der Waals surface area contributed by atoms with Crippen LogP contribution in [-0.2, 0) is 4.79 Å². The molecule has 2 atom stereocenters. The average molecular weight is 169 g/mol. The predicted octanol–water partition coefficient (Wildman–Crippen LogP) is 1.80. The number of rotatable bonds is 2. The van der Waals surface area contributed by atoms with Crippen molar-refractivity contribution in [2.45, 2.75) is 33.1 Å². The normalized spacial score (nSPS) is 29.3. The van der Waals surface area contributed by atoms with Gasteiger partial charge in [0.05, 0.1) is 0 Å². The summed E-state index contributed by atoms with van der Waals surface area (Å²) in [5, 5.41) is 2.75. The van der Waals surface area contributed by atoms with E-state index in [0.717, 1.165) is 6.42 Å². The van der Waals surface area contributed by atoms with Gasteiger partial charge in [0.25, 0.3) is 0 Å². The van der Waals surface area contributed by atoms with Gasteiger partial charge in [-0.05, 0) is 24.7 Å². The van der Waals surface area contributed by atoms with Crippen LogP contribution in [-0.4, -0.2) is 13.0 Å². The van der Waals surface area contributed by atoms with Crippen LogP contribution in [0.1, 0.15) is 33.1 Å². The molecule has 12 heavy (non-hydrogen) atoms. The third kappa shape index (κ3) is 1.79. The molecule has 0 aromatic rings. The fourth-order valence-electron chi connectivity index (χ4n) is 2.30. The minimum atomic E-state index is 0.242. The maximum absolute atomic E-state index is 11.4. The summed E-state index contributed by atoms with van der Waals surface area (Å²) in [6, 6.07) is 0. The van der Waals surface area contributed by atoms with Crippen LogP contribution in [0.2, 0.25) is 0 Å². The van der Waals surface area contributed by atoms with Crippen LogP contribution < -0.4 is 5.32 Å². The lowest BCUT2D eigenvalue weighted by molar-refractivity contribution is -0.126. The summed E-state index contributed by atoms with van der Waals surface area (Å²) in [6.07, 6.45) is 3.54. The van der Waals surface area contributed by atoms with Gasteiger partial charge in [0.2, 0.25) is 5.91 Å². The highest BCUT2D eigenvalue weighted by molar-refractivity contribution is 5.78. The van der Waals surface area contributed by atoms with Crippen molar-refractivity contribution >= 4 is 5.91 Å². The summed E-state index contributed by atoms with van der Waals surface area (Å²) in [5.41, 5.74) is 0. The van der Waals surface area contributed by atoms with Crippen LogP contribution >= 0.6 is 0 Å². The van der Waals surface area contributed by atoms with Gasteiger partial charge in [-0.15, -0.1) is 0 Å². The molecule has 1 fully saturated rings. The van der Waals surface area contributed by atoms with Gasteiger partial charge in [-0.1, -0.05) is 20.3 Å². The average Bonchev–Trinajstić information content (AvgIpc) is 2.50. The highest BCUT2D eigenvalue weighted by Gasteiger charge is 2.33. The second-order valence-corrected chi connectivity index (χ2v) is 4.06. The standard InChI is InChI=1S/C10H19NO/c1-7(2)8-5-4-6-9(8)10(12)11-3/h7-9H,4-6H2,1-3H3,(H,11,12)/t8-,9-/m0/s1. The van der Waals surface area contributed by atoms with Gasteiger partial charge < -0.3 is 5.32 Å². The Morgan fingerprint density at radius 1 is 1.42 bits per heavy atom. The third-order valence-corrected chi connectivity index (χ3v) is 3.01. The third-order valence-electron chi connectivity index (χ3n) is 3.01. The zero-order valence-corrected chi connectivity index (χ0v) is 8.26. The molecule has 2 nitrogen and oxygen atoms in total. The molecule has 1 N–H and O–H groups in total. The van der Waals surface area contributed by atoms with E-state index in [1.807, 2.05) is 0 Å². The van der Waals surface area contributed by atoms with E-state index in [1.165, 1.54) is 12.8 Å². The second-order valence-electron chi connectivity index (χ2n) is 4.06. The van der Waals surface area contributed by atoms with Crippen LogP contribution in [0.3, 0.4) is 0 Å². The largest absolute Gasteiger partial charge is 0.359 e. The van der Waals surface area contributed by atoms with Crippen molar-refractivity contribution in [2.24, 2.45) is 17.8 Å². The van der Waals surface area contributed by atoms with Crippen LogP contribution in [0.4, 0.5) is 0 Å². The lowest BCUT2D eigenvalue weighted by Gasteiger charge is -2.21. The molecule has 0 aliphatic heterocycles. The Hall–Kier alpha value is -0.530. The minimum Gasteiger partial charge on any atom is -0.359 e. The lowest BCUT2D eigenvalue weighted by atomic mass is 9.86. The first kappa shape index (κ1) is 9.56. The molecule has 0 aromatic heterocycles. The number of carbonyl (C=O) groups is 1. The molecular weight excluding hydrogens is 150 g/mol. The van der Waals surface area contributed by atoms with Crippen molar-refractivity contribution in [3.8, 4) is 0 Å². The number of nitrogens with one attached hydrogen (secondary N) is 1. The van der Waals surface area contributed by atoms with E-state index in [-0.39, 0.29) is 11.8 Å². The van der Waals surface area contributed by atoms with Gasteiger partial charge in [0, 0.05) is 13.0 Å². The van der Waals surface area contributed by atoms with Gasteiger partial charge in [-0.3, -0.25) is 4.79 Å². The van der Waals surface area contributed by atoms with E-state index in [1.54, 1.807) is 7.05 Å². The molecule has 1 rings (SSSR count). The zero-order valence-electron chi connectivity index (χ0n) is 8.26. The number of hydrogen-bond acceptors (Lipinski definition) is 1. The van der Waals surface area contributed by atoms with Crippen molar-refractivity contribution in [1.29, 1.82) is 0 Å². The van der Waals surface area contributed by atoms with E-state index in [4.69, 9.17) is 0 Å². The molecule has 1 aliphatic carbocycles. The minimum absolute atomic E-state index is 0.242. The van der Waals surface area contributed by atoms with Gasteiger partial charge in [0.15, 0.2) is 0 Å². The van der Waals surface area contributed by atoms with Gasteiger partial charge >= 0.3 is 0 Å². The van der Waals surface area contributed by atoms with Crippen molar-refractivity contribution in [1.82, 2.24) is 5.32 Å². The first-order chi connectivity index (χ1) is 5.66. The molecule has 1 saturated carbocycles. The monoisotopic (exact) mass is 169 g/mol. The van der Waals surface area contributed by atoms with Crippen LogP contribution in [0.5, 0.6) is 0 Å². The van der Waals surface area contributed by atoms with Gasteiger partial charge in [0.1, 0.15) is 0 Å². The number of amides is 1. The van der Waals surface area contributed by atoms with Crippen LogP contribution in [0.25, 0.3) is 0 Å². The maximum atomic E-state index is 11.4. The molecular formula is C10H19NO. The molecule has 0 aromatic carbocycles. The Morgan fingerprint density at radius 2 is 2.08 bits per heavy atom. The molecule has 0 saturated heterocycles. The molecule has 0 bridgehead atoms. The molecule has 1 amide bonds. The molecule has 0 unspecified atom stereocenters. The van der Waals surface area contributed by atoms with E-state index < -0.39 is 0 Å². The highest BCUT2D eigenvalue weighted by Crippen LogP contribution is 2.36. The summed E-state index contributed by atoms with van der Waals surface area (Å²) in [4.78, 5) is 11.4. The van der Waals surface area contributed by atoms with E-state index in [9.17, 15) is 4.79 Å². The summed E-state index contributed by atoms with van der Waals surface area (Å²) >= 11 is 0. The Kier molecular flexibility index (Phi) is 3.12. The van der Waals surface area contributed by atoms with Crippen molar-refractivity contribution in [3.63, 3.8) is 0 Å². The smallest absolute Gasteiger partial charge is 0.223 e. The summed E-state index contributed by atoms with van der Waals surface area (Å²) < 4.78 is 0. The molecule has 0 heterocycles. The Morgan fingerprint density at radius 3 is 2.58 bits per heavy atom. The van der Waals surface area contributed by atoms with E-state index >= 15 is 0 Å². The van der Waals surface area contributed by atoms with Crippen LogP contribution in [0, 0.1) is 17.8 Å². The first-order valence-corrected chi connectivity index (χ1v) is 4.88. The fourth-order valence-corrected chi connectivity index (χ4v) is 2.30. The van der Waals surface area contributed by atoms with Gasteiger partial charge in [-0.25, -0.2) is 0 Å². The molecule has 1 aliphatic rings. The van der Waals surface area contributed by atoms with E-state index in [0.29, 0.717) is 11.8 Å². The Labute approximate surface area is 74.7 Å². The van der Waals surface area contributed by atoms with E-state index in [2.05, 4.69) is 19.2 Å². The number of hydrogen-bond donors (Lipinski definition) is 1. The summed E-state index contributed by atoms with van der Waals surface area (Å²) in [6.45, 7) is 4.43. The van der Waals surface area contributed by atoms with Crippen LogP contribution in [0.15, 0.2) is 0 Å². The molecule has 0 radical (unpaired) electrons.